The molecule has 1 aliphatic rings. The number of benzene rings is 2. The van der Waals surface area contributed by atoms with Crippen LogP contribution >= 0.6 is 0 Å². The largest absolute Gasteiger partial charge is 0.497 e. The number of sulfonamides is 1. The number of ether oxygens (including phenoxy) is 2. The van der Waals surface area contributed by atoms with Crippen molar-refractivity contribution < 1.29 is 22.7 Å². The summed E-state index contributed by atoms with van der Waals surface area (Å²) in [5.74, 6) is 0.492. The Balaban J connectivity index is 1.52. The third-order valence-electron chi connectivity index (χ3n) is 3.80. The van der Waals surface area contributed by atoms with Gasteiger partial charge in [-0.25, -0.2) is 13.2 Å². The smallest absolute Gasteiger partial charge is 0.330 e. The van der Waals surface area contributed by atoms with Gasteiger partial charge in [-0.3, -0.25) is 9.71 Å². The molecule has 0 amide bonds. The van der Waals surface area contributed by atoms with E-state index in [0.717, 1.165) is 11.3 Å². The zero-order valence-corrected chi connectivity index (χ0v) is 15.4. The second kappa shape index (κ2) is 8.05. The van der Waals surface area contributed by atoms with Gasteiger partial charge in [0.25, 0.3) is 10.0 Å². The molecule has 0 aromatic heterocycles. The van der Waals surface area contributed by atoms with Crippen molar-refractivity contribution in [2.24, 2.45) is 4.99 Å². The molecule has 0 bridgehead atoms. The van der Waals surface area contributed by atoms with E-state index < -0.39 is 16.0 Å². The molecule has 2 aromatic rings. The van der Waals surface area contributed by atoms with E-state index >= 15 is 0 Å². The van der Waals surface area contributed by atoms with Crippen LogP contribution in [0.15, 0.2) is 64.5 Å². The van der Waals surface area contributed by atoms with Crippen molar-refractivity contribution in [3.05, 3.63) is 65.7 Å². The molecule has 0 aliphatic carbocycles. The molecule has 1 aliphatic heterocycles. The van der Waals surface area contributed by atoms with Gasteiger partial charge in [-0.2, -0.15) is 0 Å². The Bertz CT molecular complexity index is 995. The second-order valence-electron chi connectivity index (χ2n) is 5.61. The summed E-state index contributed by atoms with van der Waals surface area (Å²) in [5.41, 5.74) is 1.35. The van der Waals surface area contributed by atoms with Crippen LogP contribution in [0.25, 0.3) is 6.08 Å². The van der Waals surface area contributed by atoms with Crippen LogP contribution in [0.1, 0.15) is 11.1 Å². The van der Waals surface area contributed by atoms with Gasteiger partial charge < -0.3 is 9.47 Å². The maximum atomic E-state index is 12.0. The van der Waals surface area contributed by atoms with Gasteiger partial charge in [0.05, 0.1) is 18.6 Å². The van der Waals surface area contributed by atoms with Crippen molar-refractivity contribution >= 4 is 27.9 Å². The minimum Gasteiger partial charge on any atom is -0.497 e. The number of carbonyl (C=O) groups is 1. The molecule has 0 spiro atoms. The molecular weight excluding hydrogens is 368 g/mol. The van der Waals surface area contributed by atoms with Gasteiger partial charge in [-0.05, 0) is 35.9 Å². The lowest BCUT2D eigenvalue weighted by atomic mass is 10.2. The van der Waals surface area contributed by atoms with E-state index in [1.54, 1.807) is 43.5 Å². The summed E-state index contributed by atoms with van der Waals surface area (Å²) in [6.07, 6.45) is 2.96. The van der Waals surface area contributed by atoms with Gasteiger partial charge in [0, 0.05) is 11.6 Å². The molecule has 27 heavy (non-hydrogen) atoms. The summed E-state index contributed by atoms with van der Waals surface area (Å²) in [7, 11) is -1.98. The first-order valence-corrected chi connectivity index (χ1v) is 9.63. The van der Waals surface area contributed by atoms with E-state index in [9.17, 15) is 13.2 Å². The van der Waals surface area contributed by atoms with Crippen molar-refractivity contribution in [2.45, 2.75) is 4.90 Å². The molecule has 3 rings (SSSR count). The molecule has 0 radical (unpaired) electrons. The fourth-order valence-corrected chi connectivity index (χ4v) is 3.73. The molecule has 0 unspecified atom stereocenters. The Morgan fingerprint density at radius 2 is 1.89 bits per heavy atom. The van der Waals surface area contributed by atoms with Crippen LogP contribution in [0.4, 0.5) is 0 Å². The zero-order valence-electron chi connectivity index (χ0n) is 14.6. The number of nitrogens with one attached hydrogen (secondary N) is 1. The molecule has 8 heteroatoms. The van der Waals surface area contributed by atoms with Gasteiger partial charge >= 0.3 is 5.97 Å². The highest BCUT2D eigenvalue weighted by Crippen LogP contribution is 2.22. The molecule has 1 heterocycles. The number of fused-ring (bicyclic) bond motifs is 1. The van der Waals surface area contributed by atoms with Gasteiger partial charge in [-0.1, -0.05) is 24.3 Å². The molecule has 2 aromatic carbocycles. The van der Waals surface area contributed by atoms with Crippen LogP contribution in [0.3, 0.4) is 0 Å². The third kappa shape index (κ3) is 4.53. The van der Waals surface area contributed by atoms with Gasteiger partial charge in [0.1, 0.15) is 18.2 Å². The van der Waals surface area contributed by atoms with Crippen molar-refractivity contribution in [2.75, 3.05) is 20.3 Å². The third-order valence-corrected chi connectivity index (χ3v) is 5.19. The number of rotatable bonds is 6. The van der Waals surface area contributed by atoms with Crippen LogP contribution in [0.2, 0.25) is 0 Å². The van der Waals surface area contributed by atoms with E-state index in [0.29, 0.717) is 5.56 Å². The van der Waals surface area contributed by atoms with Gasteiger partial charge in [0.15, 0.2) is 0 Å². The monoisotopic (exact) mass is 386 g/mol. The average Bonchev–Trinajstić information content (AvgIpc) is 2.95. The van der Waals surface area contributed by atoms with Gasteiger partial charge in [-0.15, -0.1) is 0 Å². The Kier molecular flexibility index (Phi) is 5.56. The van der Waals surface area contributed by atoms with Crippen LogP contribution in [-0.4, -0.2) is 40.5 Å². The summed E-state index contributed by atoms with van der Waals surface area (Å²) < 4.78 is 36.5. The fourth-order valence-electron chi connectivity index (χ4n) is 2.48. The maximum absolute atomic E-state index is 12.0. The van der Waals surface area contributed by atoms with Crippen molar-refractivity contribution in [3.63, 3.8) is 0 Å². The molecule has 7 nitrogen and oxygen atoms in total. The highest BCUT2D eigenvalue weighted by atomic mass is 32.2. The quantitative estimate of drug-likeness (QED) is 0.465. The molecule has 0 saturated carbocycles. The van der Waals surface area contributed by atoms with E-state index in [4.69, 9.17) is 9.47 Å². The van der Waals surface area contributed by atoms with Crippen molar-refractivity contribution in [1.82, 2.24) is 4.72 Å². The number of hydrogen-bond acceptors (Lipinski definition) is 6. The molecule has 0 atom stereocenters. The van der Waals surface area contributed by atoms with E-state index in [1.165, 1.54) is 12.1 Å². The lowest BCUT2D eigenvalue weighted by Crippen LogP contribution is -2.22. The Morgan fingerprint density at radius 1 is 1.15 bits per heavy atom. The Hall–Kier alpha value is -3.13. The number of aliphatic imine (C=N–C) groups is 1. The standard InChI is InChI=1S/C19H18N2O5S/c1-25-15-9-6-14(7-10-15)8-11-18(22)26-13-12-20-19-16-4-2-3-5-17(16)27(23,24)21-19/h2-11H,12-13H2,1H3,(H,20,21)/b11-8+. The molecule has 140 valence electrons. The summed E-state index contributed by atoms with van der Waals surface area (Å²) in [5, 5.41) is 0. The first kappa shape index (κ1) is 18.7. The predicted molar refractivity (Wildman–Crippen MR) is 101 cm³/mol. The highest BCUT2D eigenvalue weighted by Gasteiger charge is 2.29. The number of methoxy groups -OCH3 is 1. The maximum Gasteiger partial charge on any atom is 0.330 e. The number of amidine groups is 1. The Labute approximate surface area is 157 Å². The molecule has 1 N–H and O–H groups in total. The molecular formula is C19H18N2O5S. The number of esters is 1. The number of nitrogens with zero attached hydrogens (tertiary/aromatic N) is 1. The summed E-state index contributed by atoms with van der Waals surface area (Å²) in [6, 6.07) is 13.8. The first-order chi connectivity index (χ1) is 13.0. The van der Waals surface area contributed by atoms with E-state index in [-0.39, 0.29) is 23.9 Å². The Morgan fingerprint density at radius 3 is 2.63 bits per heavy atom. The second-order valence-corrected chi connectivity index (χ2v) is 7.26. The normalized spacial score (nSPS) is 16.1. The minimum atomic E-state index is -3.56. The summed E-state index contributed by atoms with van der Waals surface area (Å²) >= 11 is 0. The van der Waals surface area contributed by atoms with Crippen LogP contribution in [-0.2, 0) is 19.6 Å². The number of hydrogen-bond donors (Lipinski definition) is 1. The lowest BCUT2D eigenvalue weighted by molar-refractivity contribution is -0.137. The molecule has 0 fully saturated rings. The van der Waals surface area contributed by atoms with Gasteiger partial charge in [0.2, 0.25) is 0 Å². The lowest BCUT2D eigenvalue weighted by Gasteiger charge is -2.01. The number of carbonyl (C=O) groups excluding carboxylic acids is 1. The topological polar surface area (TPSA) is 94.1 Å². The zero-order chi connectivity index (χ0) is 19.3. The molecule has 0 saturated heterocycles. The fraction of sp³-hybridized carbons (Fsp3) is 0.158. The summed E-state index contributed by atoms with van der Waals surface area (Å²) in [4.78, 5) is 16.1. The SMILES string of the molecule is COc1ccc(/C=C/C(=O)OCCN=C2NS(=O)(=O)c3ccccc32)cc1. The van der Waals surface area contributed by atoms with E-state index in [1.807, 2.05) is 12.1 Å². The van der Waals surface area contributed by atoms with E-state index in [2.05, 4.69) is 9.71 Å². The predicted octanol–water partition coefficient (Wildman–Crippen LogP) is 1.99. The van der Waals surface area contributed by atoms with Crippen molar-refractivity contribution in [1.29, 1.82) is 0 Å². The average molecular weight is 386 g/mol. The van der Waals surface area contributed by atoms with Crippen LogP contribution < -0.4 is 9.46 Å². The highest BCUT2D eigenvalue weighted by molar-refractivity contribution is 7.90. The first-order valence-electron chi connectivity index (χ1n) is 8.15. The van der Waals surface area contributed by atoms with Crippen LogP contribution in [0.5, 0.6) is 5.75 Å². The van der Waals surface area contributed by atoms with Crippen molar-refractivity contribution in [3.8, 4) is 5.75 Å². The summed E-state index contributed by atoms with van der Waals surface area (Å²) in [6.45, 7) is 0.188. The minimum absolute atomic E-state index is 0.0409. The van der Waals surface area contributed by atoms with Crippen LogP contribution in [0, 0.1) is 0 Å².